The molecule has 2 aromatic carbocycles. The molecule has 0 bridgehead atoms. The molecular weight excluding hydrogens is 390 g/mol. The average Bonchev–Trinajstić information content (AvgIpc) is 3.22. The Morgan fingerprint density at radius 3 is 2.64 bits per heavy atom. The second kappa shape index (κ2) is 8.12. The van der Waals surface area contributed by atoms with Crippen LogP contribution in [0.25, 0.3) is 6.08 Å². The van der Waals surface area contributed by atoms with Gasteiger partial charge in [-0.15, -0.1) is 0 Å². The summed E-state index contributed by atoms with van der Waals surface area (Å²) in [6.45, 7) is 2.26. The smallest absolute Gasteiger partial charge is 0.293 e. The zero-order valence-electron chi connectivity index (χ0n) is 15.1. The zero-order chi connectivity index (χ0) is 19.5. The van der Waals surface area contributed by atoms with Crippen LogP contribution < -0.4 is 0 Å². The van der Waals surface area contributed by atoms with Crippen LogP contribution in [0.15, 0.2) is 86.0 Å². The van der Waals surface area contributed by atoms with Crippen molar-refractivity contribution in [3.05, 3.63) is 88.5 Å². The van der Waals surface area contributed by atoms with Gasteiger partial charge in [0.1, 0.15) is 5.76 Å². The maximum Gasteiger partial charge on any atom is 0.293 e. The van der Waals surface area contributed by atoms with E-state index in [1.807, 2.05) is 67.6 Å². The Hall–Kier alpha value is -2.70. The normalized spacial score (nSPS) is 15.6. The van der Waals surface area contributed by atoms with Crippen LogP contribution in [0.4, 0.5) is 4.79 Å². The highest BCUT2D eigenvalue weighted by molar-refractivity contribution is 8.18. The number of thioether (sulfide) groups is 1. The quantitative estimate of drug-likeness (QED) is 0.487. The molecule has 4 nitrogen and oxygen atoms in total. The van der Waals surface area contributed by atoms with Crippen LogP contribution in [0.5, 0.6) is 0 Å². The van der Waals surface area contributed by atoms with Crippen molar-refractivity contribution >= 4 is 40.7 Å². The molecule has 1 fully saturated rings. The lowest BCUT2D eigenvalue weighted by Gasteiger charge is -2.12. The number of carbonyl (C=O) groups excluding carboxylic acids is 2. The Morgan fingerprint density at radius 1 is 1.04 bits per heavy atom. The maximum absolute atomic E-state index is 12.7. The van der Waals surface area contributed by atoms with Crippen molar-refractivity contribution < 1.29 is 14.0 Å². The second-order valence-electron chi connectivity index (χ2n) is 6.33. The average molecular weight is 408 g/mol. The van der Waals surface area contributed by atoms with Crippen LogP contribution in [0.2, 0.25) is 0 Å². The Morgan fingerprint density at radius 2 is 1.86 bits per heavy atom. The molecule has 0 saturated carbocycles. The lowest BCUT2D eigenvalue weighted by molar-refractivity contribution is -0.123. The van der Waals surface area contributed by atoms with Crippen LogP contribution in [0.3, 0.4) is 0 Å². The molecule has 1 aliphatic heterocycles. The van der Waals surface area contributed by atoms with Crippen molar-refractivity contribution in [2.45, 2.75) is 23.5 Å². The van der Waals surface area contributed by atoms with Gasteiger partial charge in [0.15, 0.2) is 5.09 Å². The number of amides is 2. The summed E-state index contributed by atoms with van der Waals surface area (Å²) in [6, 6.07) is 21.4. The predicted molar refractivity (Wildman–Crippen MR) is 112 cm³/mol. The van der Waals surface area contributed by atoms with Crippen LogP contribution in [-0.2, 0) is 11.3 Å². The van der Waals surface area contributed by atoms with Crippen molar-refractivity contribution in [3.63, 3.8) is 0 Å². The summed E-state index contributed by atoms with van der Waals surface area (Å²) in [5, 5.41) is 0.472. The highest BCUT2D eigenvalue weighted by Gasteiger charge is 2.35. The molecule has 3 aromatic rings. The highest BCUT2D eigenvalue weighted by Crippen LogP contribution is 2.35. The maximum atomic E-state index is 12.7. The minimum absolute atomic E-state index is 0.261. The SMILES string of the molecule is Cc1cccc(CN2C(=O)S/C(=C\c3ccc(Sc4ccccc4)o3)C2=O)c1. The number of aryl methyl sites for hydroxylation is 1. The summed E-state index contributed by atoms with van der Waals surface area (Å²) < 4.78 is 5.79. The van der Waals surface area contributed by atoms with Gasteiger partial charge in [0, 0.05) is 11.0 Å². The number of nitrogens with zero attached hydrogens (tertiary/aromatic N) is 1. The van der Waals surface area contributed by atoms with Gasteiger partial charge >= 0.3 is 0 Å². The number of carbonyl (C=O) groups is 2. The van der Waals surface area contributed by atoms with E-state index in [2.05, 4.69) is 0 Å². The van der Waals surface area contributed by atoms with Crippen LogP contribution in [0, 0.1) is 6.92 Å². The molecular formula is C22H17NO3S2. The molecule has 4 rings (SSSR count). The monoisotopic (exact) mass is 407 g/mol. The molecule has 1 saturated heterocycles. The summed E-state index contributed by atoms with van der Waals surface area (Å²) >= 11 is 2.45. The van der Waals surface area contributed by atoms with E-state index in [-0.39, 0.29) is 17.7 Å². The molecule has 1 aromatic heterocycles. The van der Waals surface area contributed by atoms with E-state index in [4.69, 9.17) is 4.42 Å². The van der Waals surface area contributed by atoms with Crippen molar-refractivity contribution in [2.75, 3.05) is 0 Å². The van der Waals surface area contributed by atoms with E-state index in [0.29, 0.717) is 10.7 Å². The van der Waals surface area contributed by atoms with Crippen molar-refractivity contribution in [3.8, 4) is 0 Å². The number of rotatable bonds is 5. The summed E-state index contributed by atoms with van der Waals surface area (Å²) in [6.07, 6.45) is 1.64. The summed E-state index contributed by atoms with van der Waals surface area (Å²) in [7, 11) is 0. The van der Waals surface area contributed by atoms with Gasteiger partial charge in [-0.05, 0) is 48.5 Å². The van der Waals surface area contributed by atoms with Gasteiger partial charge < -0.3 is 4.42 Å². The van der Waals surface area contributed by atoms with Crippen LogP contribution >= 0.6 is 23.5 Å². The molecule has 0 spiro atoms. The number of benzene rings is 2. The molecule has 0 atom stereocenters. The number of imide groups is 1. The van der Waals surface area contributed by atoms with Gasteiger partial charge in [-0.25, -0.2) is 0 Å². The molecule has 6 heteroatoms. The lowest BCUT2D eigenvalue weighted by Crippen LogP contribution is -2.27. The van der Waals surface area contributed by atoms with E-state index >= 15 is 0 Å². The van der Waals surface area contributed by atoms with Gasteiger partial charge in [-0.3, -0.25) is 14.5 Å². The van der Waals surface area contributed by atoms with Gasteiger partial charge in [-0.2, -0.15) is 0 Å². The fourth-order valence-corrected chi connectivity index (χ4v) is 4.45. The number of hydrogen-bond donors (Lipinski definition) is 0. The lowest BCUT2D eigenvalue weighted by atomic mass is 10.1. The third kappa shape index (κ3) is 4.24. The zero-order valence-corrected chi connectivity index (χ0v) is 16.8. The first kappa shape index (κ1) is 18.7. The van der Waals surface area contributed by atoms with Gasteiger partial charge in [0.05, 0.1) is 11.4 Å². The van der Waals surface area contributed by atoms with Crippen molar-refractivity contribution in [1.82, 2.24) is 4.90 Å². The van der Waals surface area contributed by atoms with E-state index in [1.165, 1.54) is 16.7 Å². The van der Waals surface area contributed by atoms with Gasteiger partial charge in [0.2, 0.25) is 0 Å². The van der Waals surface area contributed by atoms with Gasteiger partial charge in [-0.1, -0.05) is 59.8 Å². The Balaban J connectivity index is 1.48. The highest BCUT2D eigenvalue weighted by atomic mass is 32.2. The molecule has 0 unspecified atom stereocenters. The molecule has 2 heterocycles. The molecule has 0 aliphatic carbocycles. The minimum Gasteiger partial charge on any atom is -0.450 e. The van der Waals surface area contributed by atoms with Gasteiger partial charge in [0.25, 0.3) is 11.1 Å². The molecule has 140 valence electrons. The van der Waals surface area contributed by atoms with Crippen LogP contribution in [-0.4, -0.2) is 16.0 Å². The first-order chi connectivity index (χ1) is 13.6. The topological polar surface area (TPSA) is 50.5 Å². The molecule has 0 N–H and O–H groups in total. The fourth-order valence-electron chi connectivity index (χ4n) is 2.83. The van der Waals surface area contributed by atoms with Crippen molar-refractivity contribution in [2.24, 2.45) is 0 Å². The summed E-state index contributed by atoms with van der Waals surface area (Å²) in [5.41, 5.74) is 2.03. The predicted octanol–water partition coefficient (Wildman–Crippen LogP) is 5.98. The third-order valence-electron chi connectivity index (χ3n) is 4.13. The summed E-state index contributed by atoms with van der Waals surface area (Å²) in [5.74, 6) is 0.268. The number of furan rings is 1. The van der Waals surface area contributed by atoms with Crippen LogP contribution in [0.1, 0.15) is 16.9 Å². The fraction of sp³-hybridized carbons (Fsp3) is 0.0909. The largest absolute Gasteiger partial charge is 0.450 e. The molecule has 2 amide bonds. The first-order valence-electron chi connectivity index (χ1n) is 8.72. The van der Waals surface area contributed by atoms with E-state index in [1.54, 1.807) is 12.1 Å². The molecule has 0 radical (unpaired) electrons. The Labute approximate surface area is 171 Å². The minimum atomic E-state index is -0.287. The Kier molecular flexibility index (Phi) is 5.41. The molecule has 1 aliphatic rings. The number of hydrogen-bond acceptors (Lipinski definition) is 5. The molecule has 28 heavy (non-hydrogen) atoms. The van der Waals surface area contributed by atoms with E-state index < -0.39 is 0 Å². The third-order valence-corrected chi connectivity index (χ3v) is 5.97. The van der Waals surface area contributed by atoms with Crippen molar-refractivity contribution in [1.29, 1.82) is 0 Å². The standard InChI is InChI=1S/C22H17NO3S2/c1-15-6-5-7-16(12-15)14-23-21(24)19(28-22(23)25)13-17-10-11-20(26-17)27-18-8-3-2-4-9-18/h2-13H,14H2,1H3/b19-13-. The Bertz CT molecular complexity index is 1060. The van der Waals surface area contributed by atoms with E-state index in [0.717, 1.165) is 32.9 Å². The second-order valence-corrected chi connectivity index (χ2v) is 8.40. The summed E-state index contributed by atoms with van der Waals surface area (Å²) in [4.78, 5) is 27.7. The first-order valence-corrected chi connectivity index (χ1v) is 10.4. The van der Waals surface area contributed by atoms with E-state index in [9.17, 15) is 9.59 Å².